The SMILES string of the molecule is CC(C)(C)CN(CCCO)S(=O)(=O)c1cccc2cnccc12. The number of hydrogen-bond donors (Lipinski definition) is 1. The Kier molecular flexibility index (Phi) is 5.39. The first-order valence-electron chi connectivity index (χ1n) is 7.69. The summed E-state index contributed by atoms with van der Waals surface area (Å²) in [4.78, 5) is 4.34. The van der Waals surface area contributed by atoms with Gasteiger partial charge in [-0.15, -0.1) is 0 Å². The van der Waals surface area contributed by atoms with Gasteiger partial charge in [-0.1, -0.05) is 32.9 Å². The quantitative estimate of drug-likeness (QED) is 0.880. The Balaban J connectivity index is 2.51. The zero-order valence-electron chi connectivity index (χ0n) is 13.9. The molecule has 0 atom stereocenters. The van der Waals surface area contributed by atoms with Gasteiger partial charge < -0.3 is 5.11 Å². The van der Waals surface area contributed by atoms with E-state index in [1.165, 1.54) is 4.31 Å². The van der Waals surface area contributed by atoms with E-state index in [0.717, 1.165) is 5.39 Å². The van der Waals surface area contributed by atoms with Gasteiger partial charge in [0.1, 0.15) is 0 Å². The normalized spacial score (nSPS) is 12.9. The monoisotopic (exact) mass is 336 g/mol. The highest BCUT2D eigenvalue weighted by Crippen LogP contribution is 2.27. The van der Waals surface area contributed by atoms with Crippen LogP contribution < -0.4 is 0 Å². The van der Waals surface area contributed by atoms with Crippen molar-refractivity contribution >= 4 is 20.8 Å². The smallest absolute Gasteiger partial charge is 0.243 e. The fraction of sp³-hybridized carbons (Fsp3) is 0.471. The lowest BCUT2D eigenvalue weighted by atomic mass is 9.97. The summed E-state index contributed by atoms with van der Waals surface area (Å²) in [5, 5.41) is 10.6. The Morgan fingerprint density at radius 1 is 1.22 bits per heavy atom. The maximum absolute atomic E-state index is 13.2. The molecule has 2 aromatic rings. The van der Waals surface area contributed by atoms with Crippen LogP contribution in [0.4, 0.5) is 0 Å². The van der Waals surface area contributed by atoms with E-state index >= 15 is 0 Å². The van der Waals surface area contributed by atoms with Crippen molar-refractivity contribution in [2.75, 3.05) is 19.7 Å². The van der Waals surface area contributed by atoms with E-state index in [0.29, 0.717) is 29.8 Å². The number of aliphatic hydroxyl groups is 1. The molecule has 2 rings (SSSR count). The molecule has 1 heterocycles. The van der Waals surface area contributed by atoms with Crippen LogP contribution in [0, 0.1) is 5.41 Å². The standard InChI is InChI=1S/C17H24N2O3S/c1-17(2,3)13-19(10-5-11-20)23(21,22)16-7-4-6-14-12-18-9-8-15(14)16/h4,6-9,12,20H,5,10-11,13H2,1-3H3. The first-order chi connectivity index (χ1) is 10.8. The lowest BCUT2D eigenvalue weighted by molar-refractivity contribution is 0.241. The summed E-state index contributed by atoms with van der Waals surface area (Å²) >= 11 is 0. The van der Waals surface area contributed by atoms with Crippen LogP contribution in [-0.4, -0.2) is 42.5 Å². The van der Waals surface area contributed by atoms with Gasteiger partial charge in [0.25, 0.3) is 0 Å². The third-order valence-corrected chi connectivity index (χ3v) is 5.38. The van der Waals surface area contributed by atoms with Gasteiger partial charge in [-0.05, 0) is 24.0 Å². The van der Waals surface area contributed by atoms with Crippen molar-refractivity contribution in [3.05, 3.63) is 36.7 Å². The molecule has 0 aliphatic carbocycles. The summed E-state index contributed by atoms with van der Waals surface area (Å²) < 4.78 is 27.8. The second kappa shape index (κ2) is 6.95. The summed E-state index contributed by atoms with van der Waals surface area (Å²) in [6.07, 6.45) is 3.68. The molecule has 6 heteroatoms. The molecule has 5 nitrogen and oxygen atoms in total. The van der Waals surface area contributed by atoms with E-state index in [2.05, 4.69) is 4.98 Å². The van der Waals surface area contributed by atoms with Gasteiger partial charge >= 0.3 is 0 Å². The molecule has 1 N–H and O–H groups in total. The molecule has 0 bridgehead atoms. The number of fused-ring (bicyclic) bond motifs is 1. The number of rotatable bonds is 6. The summed E-state index contributed by atoms with van der Waals surface area (Å²) in [5.41, 5.74) is -0.172. The summed E-state index contributed by atoms with van der Waals surface area (Å²) in [6, 6.07) is 6.94. The Labute approximate surface area is 138 Å². The van der Waals surface area contributed by atoms with Gasteiger partial charge in [0.05, 0.1) is 4.90 Å². The molecule has 0 spiro atoms. The van der Waals surface area contributed by atoms with E-state index < -0.39 is 10.0 Å². The fourth-order valence-electron chi connectivity index (χ4n) is 2.52. The highest BCUT2D eigenvalue weighted by atomic mass is 32.2. The Bertz CT molecular complexity index is 761. The van der Waals surface area contributed by atoms with Crippen LogP contribution in [0.3, 0.4) is 0 Å². The van der Waals surface area contributed by atoms with Crippen LogP contribution in [0.1, 0.15) is 27.2 Å². The minimum absolute atomic E-state index is 0.0321. The van der Waals surface area contributed by atoms with E-state index in [1.807, 2.05) is 26.8 Å². The van der Waals surface area contributed by atoms with Crippen molar-refractivity contribution < 1.29 is 13.5 Å². The maximum atomic E-state index is 13.2. The van der Waals surface area contributed by atoms with Gasteiger partial charge in [0, 0.05) is 42.9 Å². The third kappa shape index (κ3) is 4.28. The zero-order chi connectivity index (χ0) is 17.1. The number of hydrogen-bond acceptors (Lipinski definition) is 4. The van der Waals surface area contributed by atoms with Crippen LogP contribution in [0.5, 0.6) is 0 Å². The molecule has 0 unspecified atom stereocenters. The van der Waals surface area contributed by atoms with E-state index in [4.69, 9.17) is 5.11 Å². The van der Waals surface area contributed by atoms with Crippen molar-refractivity contribution in [3.8, 4) is 0 Å². The molecule has 1 aromatic heterocycles. The minimum atomic E-state index is -3.64. The zero-order valence-corrected chi connectivity index (χ0v) is 14.7. The molecule has 126 valence electrons. The first kappa shape index (κ1) is 17.8. The van der Waals surface area contributed by atoms with Crippen LogP contribution in [0.2, 0.25) is 0 Å². The van der Waals surface area contributed by atoms with Gasteiger partial charge in [0.15, 0.2) is 0 Å². The average Bonchev–Trinajstić information content (AvgIpc) is 2.49. The second-order valence-electron chi connectivity index (χ2n) is 6.83. The number of pyridine rings is 1. The lowest BCUT2D eigenvalue weighted by Gasteiger charge is -2.29. The highest BCUT2D eigenvalue weighted by molar-refractivity contribution is 7.89. The maximum Gasteiger partial charge on any atom is 0.243 e. The first-order valence-corrected chi connectivity index (χ1v) is 9.13. The van der Waals surface area contributed by atoms with E-state index in [9.17, 15) is 8.42 Å². The Morgan fingerprint density at radius 2 is 1.96 bits per heavy atom. The van der Waals surface area contributed by atoms with Crippen molar-refractivity contribution in [1.29, 1.82) is 0 Å². The molecule has 0 saturated heterocycles. The molecular formula is C17H24N2O3S. The fourth-order valence-corrected chi connectivity index (χ4v) is 4.44. The molecule has 0 radical (unpaired) electrons. The highest BCUT2D eigenvalue weighted by Gasteiger charge is 2.29. The van der Waals surface area contributed by atoms with Gasteiger partial charge in [-0.3, -0.25) is 4.98 Å². The van der Waals surface area contributed by atoms with Crippen molar-refractivity contribution in [2.45, 2.75) is 32.1 Å². The number of nitrogens with zero attached hydrogens (tertiary/aromatic N) is 2. The molecule has 23 heavy (non-hydrogen) atoms. The Hall–Kier alpha value is -1.50. The average molecular weight is 336 g/mol. The third-order valence-electron chi connectivity index (χ3n) is 3.47. The molecular weight excluding hydrogens is 312 g/mol. The van der Waals surface area contributed by atoms with Crippen molar-refractivity contribution in [1.82, 2.24) is 9.29 Å². The number of sulfonamides is 1. The molecule has 0 saturated carbocycles. The topological polar surface area (TPSA) is 70.5 Å². The van der Waals surface area contributed by atoms with Crippen molar-refractivity contribution in [3.63, 3.8) is 0 Å². The van der Waals surface area contributed by atoms with Crippen LogP contribution in [0.25, 0.3) is 10.8 Å². The molecule has 0 fully saturated rings. The van der Waals surface area contributed by atoms with Gasteiger partial charge in [-0.2, -0.15) is 4.31 Å². The predicted octanol–water partition coefficient (Wildman–Crippen LogP) is 2.65. The van der Waals surface area contributed by atoms with Gasteiger partial charge in [-0.25, -0.2) is 8.42 Å². The van der Waals surface area contributed by atoms with Crippen LogP contribution in [-0.2, 0) is 10.0 Å². The molecule has 0 aliphatic rings. The predicted molar refractivity (Wildman–Crippen MR) is 91.7 cm³/mol. The van der Waals surface area contributed by atoms with Crippen LogP contribution in [0.15, 0.2) is 41.6 Å². The number of aliphatic hydroxyl groups excluding tert-OH is 1. The number of benzene rings is 1. The largest absolute Gasteiger partial charge is 0.396 e. The molecule has 1 aromatic carbocycles. The van der Waals surface area contributed by atoms with E-state index in [1.54, 1.807) is 30.6 Å². The second-order valence-corrected chi connectivity index (χ2v) is 8.74. The summed E-state index contributed by atoms with van der Waals surface area (Å²) in [6.45, 7) is 6.68. The molecule has 0 amide bonds. The summed E-state index contributed by atoms with van der Waals surface area (Å²) in [7, 11) is -3.64. The van der Waals surface area contributed by atoms with Crippen molar-refractivity contribution in [2.24, 2.45) is 5.41 Å². The molecule has 0 aliphatic heterocycles. The lowest BCUT2D eigenvalue weighted by Crippen LogP contribution is -2.38. The van der Waals surface area contributed by atoms with Crippen LogP contribution >= 0.6 is 0 Å². The van der Waals surface area contributed by atoms with E-state index in [-0.39, 0.29) is 12.0 Å². The Morgan fingerprint density at radius 3 is 2.61 bits per heavy atom. The summed E-state index contributed by atoms with van der Waals surface area (Å²) in [5.74, 6) is 0. The number of aromatic nitrogens is 1. The van der Waals surface area contributed by atoms with Gasteiger partial charge in [0.2, 0.25) is 10.0 Å². The minimum Gasteiger partial charge on any atom is -0.396 e.